The van der Waals surface area contributed by atoms with Crippen molar-refractivity contribution in [3.63, 3.8) is 0 Å². The van der Waals surface area contributed by atoms with Crippen LogP contribution in [0, 0.1) is 0 Å². The van der Waals surface area contributed by atoms with Crippen molar-refractivity contribution in [2.75, 3.05) is 0 Å². The minimum atomic E-state index is 0.209. The topological polar surface area (TPSA) is 26.0 Å². The Bertz CT molecular complexity index is 338. The monoisotopic (exact) mass is 181 g/mol. The Morgan fingerprint density at radius 1 is 1.50 bits per heavy atom. The van der Waals surface area contributed by atoms with Gasteiger partial charge in [0, 0.05) is 0 Å². The van der Waals surface area contributed by atoms with Crippen molar-refractivity contribution in [1.29, 1.82) is 0 Å². The Kier molecular flexibility index (Phi) is 2.00. The van der Waals surface area contributed by atoms with Gasteiger partial charge >= 0.3 is 0 Å². The molecule has 0 radical (unpaired) electrons. The molecular formula is C9H8ClNO. The third-order valence-corrected chi connectivity index (χ3v) is 1.98. The zero-order valence-electron chi connectivity index (χ0n) is 6.46. The summed E-state index contributed by atoms with van der Waals surface area (Å²) in [7, 11) is 0. The Labute approximate surface area is 75.6 Å². The Morgan fingerprint density at radius 2 is 2.42 bits per heavy atom. The maximum atomic E-state index is 5.56. The van der Waals surface area contributed by atoms with Crippen LogP contribution >= 0.6 is 11.6 Å². The van der Waals surface area contributed by atoms with Gasteiger partial charge in [0.05, 0.1) is 6.20 Å². The zero-order valence-corrected chi connectivity index (χ0v) is 7.21. The first-order valence-electron chi connectivity index (χ1n) is 3.83. The van der Waals surface area contributed by atoms with E-state index < -0.39 is 0 Å². The van der Waals surface area contributed by atoms with E-state index >= 15 is 0 Å². The summed E-state index contributed by atoms with van der Waals surface area (Å²) in [5.74, 6) is 0.782. The SMILES string of the molecule is Clc1ncc(C2=CC=CCC2)o1. The number of allylic oxidation sites excluding steroid dienone is 4. The molecule has 0 amide bonds. The van der Waals surface area contributed by atoms with E-state index in [1.165, 1.54) is 0 Å². The molecule has 1 heterocycles. The lowest BCUT2D eigenvalue weighted by Gasteiger charge is -2.03. The summed E-state index contributed by atoms with van der Waals surface area (Å²) in [6.07, 6.45) is 9.90. The molecule has 1 aliphatic rings. The molecule has 0 spiro atoms. The molecule has 0 aliphatic heterocycles. The highest BCUT2D eigenvalue weighted by atomic mass is 35.5. The van der Waals surface area contributed by atoms with Gasteiger partial charge in [-0.25, -0.2) is 4.98 Å². The number of oxazole rings is 1. The number of rotatable bonds is 1. The third-order valence-electron chi connectivity index (χ3n) is 1.81. The van der Waals surface area contributed by atoms with Crippen LogP contribution in [0.15, 0.2) is 28.8 Å². The fourth-order valence-corrected chi connectivity index (χ4v) is 1.34. The van der Waals surface area contributed by atoms with Crippen molar-refractivity contribution in [2.24, 2.45) is 0 Å². The Balaban J connectivity index is 2.30. The summed E-state index contributed by atoms with van der Waals surface area (Å²) in [6, 6.07) is 0. The molecule has 12 heavy (non-hydrogen) atoms. The maximum Gasteiger partial charge on any atom is 0.292 e. The lowest BCUT2D eigenvalue weighted by molar-refractivity contribution is 0.544. The molecule has 1 aromatic rings. The van der Waals surface area contributed by atoms with E-state index in [0.29, 0.717) is 0 Å². The lowest BCUT2D eigenvalue weighted by Crippen LogP contribution is -1.84. The quantitative estimate of drug-likeness (QED) is 0.666. The largest absolute Gasteiger partial charge is 0.428 e. The molecule has 1 aliphatic carbocycles. The number of aromatic nitrogens is 1. The van der Waals surface area contributed by atoms with Crippen molar-refractivity contribution in [1.82, 2.24) is 4.98 Å². The molecule has 0 saturated carbocycles. The zero-order chi connectivity index (χ0) is 8.39. The second-order valence-electron chi connectivity index (χ2n) is 2.64. The molecule has 2 nitrogen and oxygen atoms in total. The minimum absolute atomic E-state index is 0.209. The van der Waals surface area contributed by atoms with Gasteiger partial charge in [-0.15, -0.1) is 0 Å². The molecule has 1 aromatic heterocycles. The van der Waals surface area contributed by atoms with Gasteiger partial charge in [-0.1, -0.05) is 18.2 Å². The normalized spacial score (nSPS) is 16.2. The molecule has 62 valence electrons. The van der Waals surface area contributed by atoms with Crippen LogP contribution in [0.3, 0.4) is 0 Å². The smallest absolute Gasteiger partial charge is 0.292 e. The standard InChI is InChI=1S/C9H8ClNO/c10-9-11-6-8(12-9)7-4-2-1-3-5-7/h1-2,4,6H,3,5H2. The van der Waals surface area contributed by atoms with Gasteiger partial charge in [0.1, 0.15) is 0 Å². The Morgan fingerprint density at radius 3 is 3.00 bits per heavy atom. The van der Waals surface area contributed by atoms with Crippen LogP contribution in [0.25, 0.3) is 5.57 Å². The van der Waals surface area contributed by atoms with Crippen molar-refractivity contribution < 1.29 is 4.42 Å². The van der Waals surface area contributed by atoms with Crippen molar-refractivity contribution in [3.8, 4) is 0 Å². The van der Waals surface area contributed by atoms with Crippen LogP contribution in [0.1, 0.15) is 18.6 Å². The summed E-state index contributed by atoms with van der Waals surface area (Å²) < 4.78 is 5.18. The highest BCUT2D eigenvalue weighted by Crippen LogP contribution is 2.24. The van der Waals surface area contributed by atoms with Gasteiger partial charge in [0.15, 0.2) is 5.76 Å². The van der Waals surface area contributed by atoms with E-state index in [4.69, 9.17) is 16.0 Å². The fraction of sp³-hybridized carbons (Fsp3) is 0.222. The van der Waals surface area contributed by atoms with E-state index in [2.05, 4.69) is 11.1 Å². The number of halogens is 1. The predicted molar refractivity (Wildman–Crippen MR) is 47.9 cm³/mol. The van der Waals surface area contributed by atoms with Crippen LogP contribution in [0.4, 0.5) is 0 Å². The molecule has 0 atom stereocenters. The molecular weight excluding hydrogens is 174 g/mol. The molecule has 0 fully saturated rings. The second kappa shape index (κ2) is 3.15. The van der Waals surface area contributed by atoms with Gasteiger partial charge < -0.3 is 4.42 Å². The average molecular weight is 182 g/mol. The second-order valence-corrected chi connectivity index (χ2v) is 2.96. The highest BCUT2D eigenvalue weighted by molar-refractivity contribution is 6.27. The van der Waals surface area contributed by atoms with Gasteiger partial charge in [0.2, 0.25) is 0 Å². The van der Waals surface area contributed by atoms with Crippen molar-refractivity contribution in [3.05, 3.63) is 35.5 Å². The van der Waals surface area contributed by atoms with Gasteiger partial charge in [0.25, 0.3) is 5.35 Å². The first-order chi connectivity index (χ1) is 5.86. The number of hydrogen-bond acceptors (Lipinski definition) is 2. The molecule has 2 rings (SSSR count). The van der Waals surface area contributed by atoms with E-state index in [9.17, 15) is 0 Å². The van der Waals surface area contributed by atoms with E-state index in [1.54, 1.807) is 6.20 Å². The molecule has 0 unspecified atom stereocenters. The lowest BCUT2D eigenvalue weighted by atomic mass is 10.0. The molecule has 0 aromatic carbocycles. The first kappa shape index (κ1) is 7.62. The van der Waals surface area contributed by atoms with Crippen LogP contribution in [-0.2, 0) is 0 Å². The molecule has 0 saturated heterocycles. The van der Waals surface area contributed by atoms with E-state index in [-0.39, 0.29) is 5.35 Å². The highest BCUT2D eigenvalue weighted by Gasteiger charge is 2.07. The first-order valence-corrected chi connectivity index (χ1v) is 4.21. The van der Waals surface area contributed by atoms with E-state index in [0.717, 1.165) is 24.2 Å². The maximum absolute atomic E-state index is 5.56. The van der Waals surface area contributed by atoms with E-state index in [1.807, 2.05) is 12.2 Å². The number of nitrogens with zero attached hydrogens (tertiary/aromatic N) is 1. The molecule has 0 N–H and O–H groups in total. The predicted octanol–water partition coefficient (Wildman–Crippen LogP) is 3.06. The fourth-order valence-electron chi connectivity index (χ4n) is 1.21. The van der Waals surface area contributed by atoms with Crippen molar-refractivity contribution in [2.45, 2.75) is 12.8 Å². The summed E-state index contributed by atoms with van der Waals surface area (Å²) in [4.78, 5) is 3.83. The Hall–Kier alpha value is -1.02. The van der Waals surface area contributed by atoms with Crippen LogP contribution in [0.2, 0.25) is 5.35 Å². The van der Waals surface area contributed by atoms with Gasteiger partial charge in [-0.2, -0.15) is 0 Å². The average Bonchev–Trinajstić information content (AvgIpc) is 2.54. The summed E-state index contributed by atoms with van der Waals surface area (Å²) in [5, 5.41) is 0.209. The van der Waals surface area contributed by atoms with Crippen LogP contribution in [-0.4, -0.2) is 4.98 Å². The van der Waals surface area contributed by atoms with Crippen LogP contribution in [0.5, 0.6) is 0 Å². The van der Waals surface area contributed by atoms with Gasteiger partial charge in [-0.3, -0.25) is 0 Å². The molecule has 0 bridgehead atoms. The molecule has 3 heteroatoms. The third kappa shape index (κ3) is 1.43. The summed E-state index contributed by atoms with van der Waals surface area (Å²) in [6.45, 7) is 0. The van der Waals surface area contributed by atoms with Crippen LogP contribution < -0.4 is 0 Å². The summed E-state index contributed by atoms with van der Waals surface area (Å²) in [5.41, 5.74) is 1.16. The minimum Gasteiger partial charge on any atom is -0.428 e. The van der Waals surface area contributed by atoms with Gasteiger partial charge in [-0.05, 0) is 30.0 Å². The van der Waals surface area contributed by atoms with Crippen molar-refractivity contribution >= 4 is 17.2 Å². The summed E-state index contributed by atoms with van der Waals surface area (Å²) >= 11 is 5.56. The number of hydrogen-bond donors (Lipinski definition) is 0.